The lowest BCUT2D eigenvalue weighted by molar-refractivity contribution is 0.412. The van der Waals surface area contributed by atoms with Crippen LogP contribution in [0.1, 0.15) is 17.0 Å². The molecule has 0 aliphatic rings. The molecular weight excluding hydrogens is 243 g/mol. The van der Waals surface area contributed by atoms with Gasteiger partial charge < -0.3 is 10.1 Å². The smallest absolute Gasteiger partial charge is 0.127 e. The Hall–Kier alpha value is -1.94. The Morgan fingerprint density at radius 3 is 2.74 bits per heavy atom. The van der Waals surface area contributed by atoms with Crippen LogP contribution in [0.5, 0.6) is 5.75 Å². The van der Waals surface area contributed by atoms with Crippen LogP contribution in [0.3, 0.4) is 0 Å². The van der Waals surface area contributed by atoms with Gasteiger partial charge in [0.05, 0.1) is 12.8 Å². The van der Waals surface area contributed by atoms with E-state index in [-0.39, 0.29) is 5.82 Å². The van der Waals surface area contributed by atoms with Crippen LogP contribution in [0.25, 0.3) is 0 Å². The van der Waals surface area contributed by atoms with E-state index in [0.717, 1.165) is 17.1 Å². The number of nitrogens with one attached hydrogen (secondary N) is 1. The number of aryl methyl sites for hydroxylation is 1. The summed E-state index contributed by atoms with van der Waals surface area (Å²) >= 11 is 0. The molecule has 0 bridgehead atoms. The third kappa shape index (κ3) is 3.76. The molecule has 0 atom stereocenters. The predicted octanol–water partition coefficient (Wildman–Crippen LogP) is 2.83. The largest absolute Gasteiger partial charge is 0.497 e. The SMILES string of the molecule is COc1cc(C)nc(CNCc2ccccc2F)c1. The summed E-state index contributed by atoms with van der Waals surface area (Å²) in [6.07, 6.45) is 0. The number of hydrogen-bond acceptors (Lipinski definition) is 3. The highest BCUT2D eigenvalue weighted by molar-refractivity contribution is 5.26. The van der Waals surface area contributed by atoms with Crippen molar-refractivity contribution in [2.45, 2.75) is 20.0 Å². The van der Waals surface area contributed by atoms with Crippen molar-refractivity contribution in [3.63, 3.8) is 0 Å². The predicted molar refractivity (Wildman–Crippen MR) is 72.5 cm³/mol. The summed E-state index contributed by atoms with van der Waals surface area (Å²) in [5.41, 5.74) is 2.44. The molecule has 2 aromatic rings. The van der Waals surface area contributed by atoms with Crippen LogP contribution < -0.4 is 10.1 Å². The lowest BCUT2D eigenvalue weighted by atomic mass is 10.2. The number of ether oxygens (including phenoxy) is 1. The molecule has 0 fully saturated rings. The first kappa shape index (κ1) is 13.5. The molecule has 2 rings (SSSR count). The maximum absolute atomic E-state index is 13.4. The van der Waals surface area contributed by atoms with Gasteiger partial charge in [-0.3, -0.25) is 4.98 Å². The van der Waals surface area contributed by atoms with Crippen LogP contribution >= 0.6 is 0 Å². The number of aromatic nitrogens is 1. The van der Waals surface area contributed by atoms with Crippen molar-refractivity contribution in [3.8, 4) is 5.75 Å². The number of halogens is 1. The number of benzene rings is 1. The molecule has 0 amide bonds. The van der Waals surface area contributed by atoms with E-state index in [4.69, 9.17) is 4.74 Å². The van der Waals surface area contributed by atoms with Crippen molar-refractivity contribution in [1.82, 2.24) is 10.3 Å². The summed E-state index contributed by atoms with van der Waals surface area (Å²) in [6, 6.07) is 10.5. The Balaban J connectivity index is 1.96. The Labute approximate surface area is 112 Å². The number of nitrogens with zero attached hydrogens (tertiary/aromatic N) is 1. The fourth-order valence-electron chi connectivity index (χ4n) is 1.88. The molecular formula is C15H17FN2O. The highest BCUT2D eigenvalue weighted by Crippen LogP contribution is 2.13. The third-order valence-electron chi connectivity index (χ3n) is 2.80. The highest BCUT2D eigenvalue weighted by Gasteiger charge is 2.02. The van der Waals surface area contributed by atoms with E-state index in [1.54, 1.807) is 19.2 Å². The number of hydrogen-bond donors (Lipinski definition) is 1. The topological polar surface area (TPSA) is 34.1 Å². The zero-order valence-electron chi connectivity index (χ0n) is 11.1. The molecule has 4 heteroatoms. The molecule has 3 nitrogen and oxygen atoms in total. The minimum absolute atomic E-state index is 0.190. The second-order valence-electron chi connectivity index (χ2n) is 4.33. The van der Waals surface area contributed by atoms with E-state index in [0.29, 0.717) is 18.7 Å². The molecule has 1 aromatic heterocycles. The van der Waals surface area contributed by atoms with Gasteiger partial charge in [-0.25, -0.2) is 4.39 Å². The number of rotatable bonds is 5. The lowest BCUT2D eigenvalue weighted by Crippen LogP contribution is -2.15. The average Bonchev–Trinajstić information content (AvgIpc) is 2.40. The van der Waals surface area contributed by atoms with Gasteiger partial charge in [-0.2, -0.15) is 0 Å². The van der Waals surface area contributed by atoms with Gasteiger partial charge in [0, 0.05) is 36.5 Å². The van der Waals surface area contributed by atoms with Crippen molar-refractivity contribution in [2.75, 3.05) is 7.11 Å². The van der Waals surface area contributed by atoms with Crippen LogP contribution in [0.15, 0.2) is 36.4 Å². The monoisotopic (exact) mass is 260 g/mol. The van der Waals surface area contributed by atoms with Crippen molar-refractivity contribution in [1.29, 1.82) is 0 Å². The zero-order chi connectivity index (χ0) is 13.7. The Bertz CT molecular complexity index is 558. The van der Waals surface area contributed by atoms with Crippen LogP contribution in [-0.2, 0) is 13.1 Å². The van der Waals surface area contributed by atoms with Gasteiger partial charge in [0.25, 0.3) is 0 Å². The molecule has 1 aromatic carbocycles. The van der Waals surface area contributed by atoms with Gasteiger partial charge in [-0.15, -0.1) is 0 Å². The van der Waals surface area contributed by atoms with Crippen molar-refractivity contribution >= 4 is 0 Å². The molecule has 1 N–H and O–H groups in total. The van der Waals surface area contributed by atoms with Gasteiger partial charge in [0.1, 0.15) is 11.6 Å². The lowest BCUT2D eigenvalue weighted by Gasteiger charge is -2.08. The fraction of sp³-hybridized carbons (Fsp3) is 0.267. The second kappa shape index (κ2) is 6.29. The van der Waals surface area contributed by atoms with E-state index in [1.165, 1.54) is 6.07 Å². The second-order valence-corrected chi connectivity index (χ2v) is 4.33. The van der Waals surface area contributed by atoms with Crippen molar-refractivity contribution < 1.29 is 9.13 Å². The summed E-state index contributed by atoms with van der Waals surface area (Å²) in [4.78, 5) is 4.40. The molecule has 19 heavy (non-hydrogen) atoms. The molecule has 0 saturated heterocycles. The average molecular weight is 260 g/mol. The fourth-order valence-corrected chi connectivity index (χ4v) is 1.88. The maximum Gasteiger partial charge on any atom is 0.127 e. The summed E-state index contributed by atoms with van der Waals surface area (Å²) in [5, 5.41) is 3.18. The van der Waals surface area contributed by atoms with Crippen LogP contribution in [0.4, 0.5) is 4.39 Å². The van der Waals surface area contributed by atoms with E-state index in [9.17, 15) is 4.39 Å². The summed E-state index contributed by atoms with van der Waals surface area (Å²) < 4.78 is 18.6. The van der Waals surface area contributed by atoms with Gasteiger partial charge in [-0.1, -0.05) is 18.2 Å². The van der Waals surface area contributed by atoms with Gasteiger partial charge in [0.15, 0.2) is 0 Å². The minimum atomic E-state index is -0.190. The van der Waals surface area contributed by atoms with Crippen LogP contribution in [-0.4, -0.2) is 12.1 Å². The van der Waals surface area contributed by atoms with E-state index < -0.39 is 0 Å². The molecule has 0 unspecified atom stereocenters. The van der Waals surface area contributed by atoms with Crippen LogP contribution in [0, 0.1) is 12.7 Å². The molecule has 0 aliphatic carbocycles. The molecule has 0 saturated carbocycles. The minimum Gasteiger partial charge on any atom is -0.497 e. The molecule has 1 heterocycles. The van der Waals surface area contributed by atoms with Gasteiger partial charge in [0.2, 0.25) is 0 Å². The first-order valence-corrected chi connectivity index (χ1v) is 6.14. The summed E-state index contributed by atoms with van der Waals surface area (Å²) in [5.74, 6) is 0.597. The summed E-state index contributed by atoms with van der Waals surface area (Å²) in [6.45, 7) is 2.97. The molecule has 100 valence electrons. The normalized spacial score (nSPS) is 10.5. The van der Waals surface area contributed by atoms with Crippen molar-refractivity contribution in [3.05, 3.63) is 59.2 Å². The standard InChI is InChI=1S/C15H17FN2O/c1-11-7-14(19-2)8-13(18-11)10-17-9-12-5-3-4-6-15(12)16/h3-8,17H,9-10H2,1-2H3. The van der Waals surface area contributed by atoms with Gasteiger partial charge in [-0.05, 0) is 13.0 Å². The third-order valence-corrected chi connectivity index (χ3v) is 2.80. The van der Waals surface area contributed by atoms with Crippen LogP contribution in [0.2, 0.25) is 0 Å². The van der Waals surface area contributed by atoms with E-state index >= 15 is 0 Å². The molecule has 0 aliphatic heterocycles. The van der Waals surface area contributed by atoms with E-state index in [2.05, 4.69) is 10.3 Å². The Morgan fingerprint density at radius 1 is 1.21 bits per heavy atom. The maximum atomic E-state index is 13.4. The first-order valence-electron chi connectivity index (χ1n) is 6.14. The molecule has 0 radical (unpaired) electrons. The summed E-state index contributed by atoms with van der Waals surface area (Å²) in [7, 11) is 1.63. The van der Waals surface area contributed by atoms with Crippen molar-refractivity contribution in [2.24, 2.45) is 0 Å². The molecule has 0 spiro atoms. The Kier molecular flexibility index (Phi) is 4.47. The zero-order valence-corrected chi connectivity index (χ0v) is 11.1. The Morgan fingerprint density at radius 2 is 2.00 bits per heavy atom. The number of methoxy groups -OCH3 is 1. The first-order chi connectivity index (χ1) is 9.19. The van der Waals surface area contributed by atoms with Gasteiger partial charge >= 0.3 is 0 Å². The highest BCUT2D eigenvalue weighted by atomic mass is 19.1. The quantitative estimate of drug-likeness (QED) is 0.897. The van der Waals surface area contributed by atoms with E-state index in [1.807, 2.05) is 25.1 Å². The number of pyridine rings is 1.